The quantitative estimate of drug-likeness (QED) is 0.202. The summed E-state index contributed by atoms with van der Waals surface area (Å²) in [6.07, 6.45) is 0. The molecule has 2 aromatic heterocycles. The van der Waals surface area contributed by atoms with Gasteiger partial charge in [0.15, 0.2) is 0 Å². The van der Waals surface area contributed by atoms with Crippen LogP contribution in [0.3, 0.4) is 0 Å². The molecule has 7 aromatic carbocycles. The van der Waals surface area contributed by atoms with Crippen LogP contribution in [0, 0.1) is 11.3 Å². The molecule has 9 aromatic rings. The van der Waals surface area contributed by atoms with Crippen LogP contribution >= 0.6 is 0 Å². The number of hydrogen-bond donors (Lipinski definition) is 0. The average molecular weight is 586 g/mol. The van der Waals surface area contributed by atoms with Crippen molar-refractivity contribution in [2.45, 2.75) is 0 Å². The molecule has 214 valence electrons. The summed E-state index contributed by atoms with van der Waals surface area (Å²) in [6.45, 7) is 0. The first-order valence-electron chi connectivity index (χ1n) is 15.5. The summed E-state index contributed by atoms with van der Waals surface area (Å²) in [5.74, 6) is 0. The highest BCUT2D eigenvalue weighted by molar-refractivity contribution is 6.11. The van der Waals surface area contributed by atoms with Gasteiger partial charge in [0, 0.05) is 32.9 Å². The van der Waals surface area contributed by atoms with E-state index in [9.17, 15) is 5.26 Å². The van der Waals surface area contributed by atoms with Crippen molar-refractivity contribution in [3.05, 3.63) is 169 Å². The topological polar surface area (TPSA) is 33.6 Å². The molecule has 0 aliphatic heterocycles. The highest BCUT2D eigenvalue weighted by Gasteiger charge is 2.15. The predicted molar refractivity (Wildman–Crippen MR) is 191 cm³/mol. The summed E-state index contributed by atoms with van der Waals surface area (Å²) in [5.41, 5.74) is 12.3. The molecule has 46 heavy (non-hydrogen) atoms. The molecule has 0 amide bonds. The first-order valence-corrected chi connectivity index (χ1v) is 15.5. The van der Waals surface area contributed by atoms with Crippen LogP contribution in [0.1, 0.15) is 5.56 Å². The Morgan fingerprint density at radius 3 is 1.43 bits per heavy atom. The Kier molecular flexibility index (Phi) is 5.88. The lowest BCUT2D eigenvalue weighted by molar-refractivity contribution is 1.18. The van der Waals surface area contributed by atoms with E-state index >= 15 is 0 Å². The van der Waals surface area contributed by atoms with Gasteiger partial charge in [-0.3, -0.25) is 0 Å². The molecule has 0 aliphatic rings. The normalized spacial score (nSPS) is 11.5. The number of aromatic nitrogens is 2. The fourth-order valence-corrected chi connectivity index (χ4v) is 7.00. The molecule has 2 heterocycles. The number of rotatable bonds is 4. The Morgan fingerprint density at radius 2 is 0.826 bits per heavy atom. The summed E-state index contributed by atoms with van der Waals surface area (Å²) in [6, 6.07) is 60.3. The van der Waals surface area contributed by atoms with Crippen molar-refractivity contribution in [2.24, 2.45) is 0 Å². The molecule has 0 radical (unpaired) electrons. The Balaban J connectivity index is 1.14. The lowest BCUT2D eigenvalue weighted by Gasteiger charge is -2.11. The molecule has 0 aliphatic carbocycles. The standard InChI is InChI=1S/C43H27N3/c44-28-29-16-18-30(19-17-29)32-8-7-9-35(26-32)46-42-15-6-3-12-38(42)39-27-33(22-25-43(39)46)31-20-23-34(24-21-31)45-40-13-4-1-10-36(40)37-11-2-5-14-41(37)45/h1-27H. The Morgan fingerprint density at radius 1 is 0.348 bits per heavy atom. The van der Waals surface area contributed by atoms with Gasteiger partial charge in [-0.25, -0.2) is 0 Å². The number of nitriles is 1. The first kappa shape index (κ1) is 26.1. The van der Waals surface area contributed by atoms with E-state index in [1.165, 1.54) is 54.7 Å². The van der Waals surface area contributed by atoms with Gasteiger partial charge in [-0.1, -0.05) is 97.1 Å². The van der Waals surface area contributed by atoms with Crippen LogP contribution in [-0.4, -0.2) is 9.13 Å². The van der Waals surface area contributed by atoms with Gasteiger partial charge in [-0.15, -0.1) is 0 Å². The van der Waals surface area contributed by atoms with E-state index in [2.05, 4.69) is 155 Å². The van der Waals surface area contributed by atoms with Crippen LogP contribution in [0.4, 0.5) is 0 Å². The molecule has 0 N–H and O–H groups in total. The van der Waals surface area contributed by atoms with Crippen molar-refractivity contribution in [3.8, 4) is 39.7 Å². The summed E-state index contributed by atoms with van der Waals surface area (Å²) in [7, 11) is 0. The molecular weight excluding hydrogens is 558 g/mol. The minimum Gasteiger partial charge on any atom is -0.309 e. The maximum atomic E-state index is 9.23. The van der Waals surface area contributed by atoms with Crippen molar-refractivity contribution in [1.29, 1.82) is 5.26 Å². The Bertz CT molecular complexity index is 2580. The highest BCUT2D eigenvalue weighted by atomic mass is 15.0. The predicted octanol–water partition coefficient (Wildman–Crippen LogP) is 11.1. The van der Waals surface area contributed by atoms with Gasteiger partial charge in [-0.05, 0) is 89.0 Å². The molecule has 0 saturated carbocycles. The van der Waals surface area contributed by atoms with Crippen molar-refractivity contribution in [2.75, 3.05) is 0 Å². The summed E-state index contributed by atoms with van der Waals surface area (Å²) in [5, 5.41) is 14.2. The van der Waals surface area contributed by atoms with E-state index in [1.807, 2.05) is 24.3 Å². The van der Waals surface area contributed by atoms with Gasteiger partial charge < -0.3 is 9.13 Å². The molecular formula is C43H27N3. The molecule has 0 bridgehead atoms. The molecule has 0 atom stereocenters. The van der Waals surface area contributed by atoms with Crippen LogP contribution in [0.15, 0.2) is 164 Å². The van der Waals surface area contributed by atoms with Crippen LogP contribution in [0.2, 0.25) is 0 Å². The summed E-state index contributed by atoms with van der Waals surface area (Å²) >= 11 is 0. The van der Waals surface area contributed by atoms with Gasteiger partial charge in [0.2, 0.25) is 0 Å². The lowest BCUT2D eigenvalue weighted by atomic mass is 10.0. The lowest BCUT2D eigenvalue weighted by Crippen LogP contribution is -1.94. The maximum absolute atomic E-state index is 9.23. The van der Waals surface area contributed by atoms with Crippen LogP contribution < -0.4 is 0 Å². The molecule has 9 rings (SSSR count). The molecule has 0 saturated heterocycles. The zero-order valence-corrected chi connectivity index (χ0v) is 24.9. The van der Waals surface area contributed by atoms with Crippen molar-refractivity contribution in [3.63, 3.8) is 0 Å². The minimum atomic E-state index is 0.666. The summed E-state index contributed by atoms with van der Waals surface area (Å²) in [4.78, 5) is 0. The molecule has 3 heteroatoms. The number of nitrogens with zero attached hydrogens (tertiary/aromatic N) is 3. The Hall–Kier alpha value is -6.37. The van der Waals surface area contributed by atoms with Gasteiger partial charge >= 0.3 is 0 Å². The van der Waals surface area contributed by atoms with Gasteiger partial charge in [0.1, 0.15) is 0 Å². The van der Waals surface area contributed by atoms with Gasteiger partial charge in [-0.2, -0.15) is 5.26 Å². The smallest absolute Gasteiger partial charge is 0.0991 e. The van der Waals surface area contributed by atoms with E-state index < -0.39 is 0 Å². The number of benzene rings is 7. The molecule has 3 nitrogen and oxygen atoms in total. The van der Waals surface area contributed by atoms with Crippen LogP contribution in [0.5, 0.6) is 0 Å². The maximum Gasteiger partial charge on any atom is 0.0991 e. The van der Waals surface area contributed by atoms with Crippen molar-refractivity contribution >= 4 is 43.6 Å². The zero-order chi connectivity index (χ0) is 30.6. The molecule has 0 fully saturated rings. The van der Waals surface area contributed by atoms with E-state index in [1.54, 1.807) is 0 Å². The first-order chi connectivity index (χ1) is 22.8. The second-order valence-electron chi connectivity index (χ2n) is 11.7. The third-order valence-corrected chi connectivity index (χ3v) is 9.16. The third kappa shape index (κ3) is 4.05. The van der Waals surface area contributed by atoms with E-state index in [-0.39, 0.29) is 0 Å². The minimum absolute atomic E-state index is 0.666. The van der Waals surface area contributed by atoms with Crippen molar-refractivity contribution < 1.29 is 0 Å². The van der Waals surface area contributed by atoms with Crippen molar-refractivity contribution in [1.82, 2.24) is 9.13 Å². The SMILES string of the molecule is N#Cc1ccc(-c2cccc(-n3c4ccccc4c4cc(-c5ccc(-n6c7ccccc7c7ccccc76)cc5)ccc43)c2)cc1. The number of para-hydroxylation sites is 3. The largest absolute Gasteiger partial charge is 0.309 e. The monoisotopic (exact) mass is 585 g/mol. The molecule has 0 unspecified atom stereocenters. The fraction of sp³-hybridized carbons (Fsp3) is 0. The number of hydrogen-bond acceptors (Lipinski definition) is 1. The van der Waals surface area contributed by atoms with Gasteiger partial charge in [0.25, 0.3) is 0 Å². The Labute approximate surface area is 266 Å². The van der Waals surface area contributed by atoms with Crippen LogP contribution in [0.25, 0.3) is 77.2 Å². The zero-order valence-electron chi connectivity index (χ0n) is 24.9. The molecule has 0 spiro atoms. The third-order valence-electron chi connectivity index (χ3n) is 9.16. The summed E-state index contributed by atoms with van der Waals surface area (Å²) < 4.78 is 4.71. The van der Waals surface area contributed by atoms with Gasteiger partial charge in [0.05, 0.1) is 33.7 Å². The van der Waals surface area contributed by atoms with E-state index in [0.29, 0.717) is 5.56 Å². The second-order valence-corrected chi connectivity index (χ2v) is 11.7. The number of fused-ring (bicyclic) bond motifs is 6. The highest BCUT2D eigenvalue weighted by Crippen LogP contribution is 2.37. The van der Waals surface area contributed by atoms with E-state index in [4.69, 9.17) is 0 Å². The average Bonchev–Trinajstić information content (AvgIpc) is 3.64. The fourth-order valence-electron chi connectivity index (χ4n) is 7.00. The van der Waals surface area contributed by atoms with E-state index in [0.717, 1.165) is 22.5 Å². The van der Waals surface area contributed by atoms with Crippen LogP contribution in [-0.2, 0) is 0 Å². The second kappa shape index (κ2) is 10.4.